The van der Waals surface area contributed by atoms with E-state index in [1.54, 1.807) is 20.8 Å². The molecule has 0 atom stereocenters. The molecule has 0 aromatic carbocycles. The predicted octanol–water partition coefficient (Wildman–Crippen LogP) is 0.874. The molecule has 2 amide bonds. The zero-order valence-electron chi connectivity index (χ0n) is 11.5. The summed E-state index contributed by atoms with van der Waals surface area (Å²) in [5.41, 5.74) is 4.67. The Hall–Kier alpha value is -1.83. The van der Waals surface area contributed by atoms with Crippen LogP contribution < -0.4 is 16.4 Å². The molecule has 19 heavy (non-hydrogen) atoms. The average molecular weight is 274 g/mol. The monoisotopic (exact) mass is 274 g/mol. The number of carboxylic acid groups (broad SMARTS) is 1. The molecule has 0 radical (unpaired) electrons. The van der Waals surface area contributed by atoms with Gasteiger partial charge < -0.3 is 20.9 Å². The number of carbonyl (C=O) groups excluding carboxylic acids is 1. The van der Waals surface area contributed by atoms with Gasteiger partial charge in [0.05, 0.1) is 0 Å². The van der Waals surface area contributed by atoms with Crippen LogP contribution in [0.2, 0.25) is 0 Å². The van der Waals surface area contributed by atoms with Crippen LogP contribution in [0.15, 0.2) is 4.99 Å². The third-order valence-electron chi connectivity index (χ3n) is 1.75. The minimum Gasteiger partial charge on any atom is -0.463 e. The summed E-state index contributed by atoms with van der Waals surface area (Å²) in [5, 5.41) is 13.5. The van der Waals surface area contributed by atoms with E-state index in [9.17, 15) is 9.59 Å². The summed E-state index contributed by atoms with van der Waals surface area (Å²) in [6.07, 6.45) is -0.638. The van der Waals surface area contributed by atoms with Crippen LogP contribution in [0.4, 0.5) is 9.59 Å². The molecule has 0 unspecified atom stereocenters. The van der Waals surface area contributed by atoms with Gasteiger partial charge in [-0.25, -0.2) is 9.59 Å². The highest BCUT2D eigenvalue weighted by Gasteiger charge is 2.17. The molecular weight excluding hydrogens is 252 g/mol. The lowest BCUT2D eigenvalue weighted by molar-refractivity contribution is 0.0561. The zero-order chi connectivity index (χ0) is 14.9. The Labute approximate surface area is 112 Å². The smallest absolute Gasteiger partial charge is 0.434 e. The van der Waals surface area contributed by atoms with Crippen molar-refractivity contribution < 1.29 is 19.4 Å². The van der Waals surface area contributed by atoms with Crippen LogP contribution in [0, 0.1) is 0 Å². The third kappa shape index (κ3) is 11.0. The summed E-state index contributed by atoms with van der Waals surface area (Å²) in [7, 11) is 0. The minimum absolute atomic E-state index is 0.154. The largest absolute Gasteiger partial charge is 0.463 e. The van der Waals surface area contributed by atoms with Crippen LogP contribution in [-0.4, -0.2) is 41.9 Å². The van der Waals surface area contributed by atoms with Crippen LogP contribution >= 0.6 is 0 Å². The van der Waals surface area contributed by atoms with Gasteiger partial charge in [-0.1, -0.05) is 0 Å². The molecular formula is C11H22N4O4. The third-order valence-corrected chi connectivity index (χ3v) is 1.75. The van der Waals surface area contributed by atoms with Gasteiger partial charge in [-0.05, 0) is 40.2 Å². The Morgan fingerprint density at radius 1 is 1.32 bits per heavy atom. The summed E-state index contributed by atoms with van der Waals surface area (Å²) in [6.45, 7) is 6.12. The summed E-state index contributed by atoms with van der Waals surface area (Å²) >= 11 is 0. The number of amides is 2. The van der Waals surface area contributed by atoms with Gasteiger partial charge in [0.1, 0.15) is 5.60 Å². The number of ether oxygens (including phenoxy) is 1. The molecule has 0 aliphatic rings. The second-order valence-corrected chi connectivity index (χ2v) is 4.79. The number of alkyl carbamates (subject to hydrolysis) is 1. The number of hydrogen-bond donors (Lipinski definition) is 4. The number of aliphatic imine (C=N–C) groups is 1. The maximum absolute atomic E-state index is 11.5. The van der Waals surface area contributed by atoms with Crippen molar-refractivity contribution >= 4 is 18.1 Å². The van der Waals surface area contributed by atoms with Crippen molar-refractivity contribution in [3.63, 3.8) is 0 Å². The second-order valence-electron chi connectivity index (χ2n) is 4.79. The first-order valence-electron chi connectivity index (χ1n) is 6.00. The molecule has 0 aromatic heterocycles. The van der Waals surface area contributed by atoms with Crippen molar-refractivity contribution in [1.82, 2.24) is 10.6 Å². The Kier molecular flexibility index (Phi) is 7.50. The standard InChI is InChI=1S/C11H22N4O4/c1-11(2,3)19-10(18)15-8(14-9(16)17)13-7-5-4-6-12/h4-7,12H2,1-3H3,(H,16,17)(H2,13,14,15,18). The molecule has 8 heteroatoms. The van der Waals surface area contributed by atoms with Crippen LogP contribution in [-0.2, 0) is 4.74 Å². The van der Waals surface area contributed by atoms with E-state index in [0.717, 1.165) is 12.8 Å². The highest BCUT2D eigenvalue weighted by atomic mass is 16.6. The Morgan fingerprint density at radius 2 is 1.95 bits per heavy atom. The Balaban J connectivity index is 4.36. The van der Waals surface area contributed by atoms with Gasteiger partial charge in [0.25, 0.3) is 0 Å². The quantitative estimate of drug-likeness (QED) is 0.342. The van der Waals surface area contributed by atoms with Gasteiger partial charge in [0, 0.05) is 6.54 Å². The van der Waals surface area contributed by atoms with Gasteiger partial charge in [-0.3, -0.25) is 5.32 Å². The number of nitrogens with two attached hydrogens (primary N) is 1. The van der Waals surface area contributed by atoms with E-state index in [0.29, 0.717) is 13.1 Å². The number of carbonyl (C=O) groups is 2. The number of rotatable bonds is 4. The highest BCUT2D eigenvalue weighted by Crippen LogP contribution is 2.06. The fourth-order valence-corrected chi connectivity index (χ4v) is 1.08. The molecule has 5 N–H and O–H groups in total. The predicted molar refractivity (Wildman–Crippen MR) is 71.1 cm³/mol. The van der Waals surface area contributed by atoms with Crippen LogP contribution in [0.25, 0.3) is 0 Å². The molecule has 0 saturated carbocycles. The van der Waals surface area contributed by atoms with Gasteiger partial charge in [0.15, 0.2) is 0 Å². The number of unbranched alkanes of at least 4 members (excludes halogenated alkanes) is 1. The van der Waals surface area contributed by atoms with Crippen LogP contribution in [0.3, 0.4) is 0 Å². The van der Waals surface area contributed by atoms with E-state index in [4.69, 9.17) is 15.6 Å². The van der Waals surface area contributed by atoms with Crippen LogP contribution in [0.5, 0.6) is 0 Å². The lowest BCUT2D eigenvalue weighted by atomic mass is 10.2. The molecule has 0 fully saturated rings. The van der Waals surface area contributed by atoms with E-state index in [2.05, 4.69) is 15.6 Å². The van der Waals surface area contributed by atoms with Gasteiger partial charge in [-0.2, -0.15) is 0 Å². The fraction of sp³-hybridized carbons (Fsp3) is 0.727. The minimum atomic E-state index is -1.41. The molecule has 0 aromatic rings. The highest BCUT2D eigenvalue weighted by molar-refractivity contribution is 5.98. The molecule has 0 heterocycles. The fourth-order valence-electron chi connectivity index (χ4n) is 1.08. The topological polar surface area (TPSA) is 126 Å². The summed E-state index contributed by atoms with van der Waals surface area (Å²) in [4.78, 5) is 25.2. The lowest BCUT2D eigenvalue weighted by Crippen LogP contribution is -2.44. The summed E-state index contributed by atoms with van der Waals surface area (Å²) in [6, 6.07) is 0. The molecule has 0 aliphatic heterocycles. The molecule has 0 saturated heterocycles. The molecule has 0 aliphatic carbocycles. The number of hydrogen-bond acceptors (Lipinski definition) is 4. The maximum Gasteiger partial charge on any atom is 0.434 e. The van der Waals surface area contributed by atoms with Crippen molar-refractivity contribution in [1.29, 1.82) is 0 Å². The first-order valence-corrected chi connectivity index (χ1v) is 6.00. The molecule has 0 rings (SSSR count). The zero-order valence-corrected chi connectivity index (χ0v) is 11.5. The van der Waals surface area contributed by atoms with E-state index in [1.807, 2.05) is 0 Å². The molecule has 8 nitrogen and oxygen atoms in total. The van der Waals surface area contributed by atoms with E-state index >= 15 is 0 Å². The van der Waals surface area contributed by atoms with E-state index in [1.165, 1.54) is 0 Å². The van der Waals surface area contributed by atoms with Gasteiger partial charge in [0.2, 0.25) is 5.96 Å². The number of nitrogens with zero attached hydrogens (tertiary/aromatic N) is 1. The number of nitrogens with one attached hydrogen (secondary N) is 2. The number of guanidine groups is 1. The van der Waals surface area contributed by atoms with Crippen molar-refractivity contribution in [2.24, 2.45) is 10.7 Å². The van der Waals surface area contributed by atoms with Crippen molar-refractivity contribution in [3.05, 3.63) is 0 Å². The van der Waals surface area contributed by atoms with Gasteiger partial charge in [-0.15, -0.1) is 4.99 Å². The SMILES string of the molecule is CC(C)(C)OC(=O)N/C(=N/C(=O)O)NCCCCN. The first-order chi connectivity index (χ1) is 8.74. The van der Waals surface area contributed by atoms with Crippen molar-refractivity contribution in [2.75, 3.05) is 13.1 Å². The maximum atomic E-state index is 11.5. The second kappa shape index (κ2) is 8.30. The van der Waals surface area contributed by atoms with Crippen molar-refractivity contribution in [2.45, 2.75) is 39.2 Å². The summed E-state index contributed by atoms with van der Waals surface area (Å²) in [5.74, 6) is -0.154. The van der Waals surface area contributed by atoms with E-state index < -0.39 is 17.8 Å². The molecule has 0 bridgehead atoms. The summed E-state index contributed by atoms with van der Waals surface area (Å²) < 4.78 is 4.99. The van der Waals surface area contributed by atoms with Crippen molar-refractivity contribution in [3.8, 4) is 0 Å². The Bertz CT molecular complexity index is 336. The van der Waals surface area contributed by atoms with Crippen LogP contribution in [0.1, 0.15) is 33.6 Å². The lowest BCUT2D eigenvalue weighted by Gasteiger charge is -2.20. The van der Waals surface area contributed by atoms with Gasteiger partial charge >= 0.3 is 12.2 Å². The normalized spacial score (nSPS) is 11.9. The average Bonchev–Trinajstić information content (AvgIpc) is 2.20. The molecule has 110 valence electrons. The Morgan fingerprint density at radius 3 is 2.42 bits per heavy atom. The first kappa shape index (κ1) is 17.2. The molecule has 0 spiro atoms. The van der Waals surface area contributed by atoms with E-state index in [-0.39, 0.29) is 5.96 Å².